The van der Waals surface area contributed by atoms with E-state index < -0.39 is 25.1 Å². The lowest BCUT2D eigenvalue weighted by atomic mass is 9.68. The van der Waals surface area contributed by atoms with Gasteiger partial charge in [0.25, 0.3) is 6.08 Å². The number of hydrogen-bond acceptors (Lipinski definition) is 1. The molecule has 0 bridgehead atoms. The van der Waals surface area contributed by atoms with Gasteiger partial charge in [-0.1, -0.05) is 51.5 Å². The van der Waals surface area contributed by atoms with Gasteiger partial charge in [0, 0.05) is 0 Å². The summed E-state index contributed by atoms with van der Waals surface area (Å²) in [4.78, 5) is 0. The average molecular weight is 461 g/mol. The molecule has 0 saturated heterocycles. The maximum atomic E-state index is 14.0. The Balaban J connectivity index is 0.000000654. The summed E-state index contributed by atoms with van der Waals surface area (Å²) in [5, 5.41) is 0. The highest BCUT2D eigenvalue weighted by Crippen LogP contribution is 2.44. The molecule has 32 heavy (non-hydrogen) atoms. The Labute approximate surface area is 189 Å². The molecule has 6 heteroatoms. The zero-order chi connectivity index (χ0) is 23.3. The SMILES string of the molecule is CCCCCC1CCC(C2CCC(c3ccc(OCF)c(F)c3)CC2)CC1.FC=C(F)F. The van der Waals surface area contributed by atoms with E-state index >= 15 is 0 Å². The number of benzene rings is 1. The van der Waals surface area contributed by atoms with Crippen LogP contribution in [0.15, 0.2) is 30.6 Å². The summed E-state index contributed by atoms with van der Waals surface area (Å²) in [5.41, 5.74) is 1.05. The first-order chi connectivity index (χ1) is 15.5. The molecular formula is C26H37F5O. The molecule has 3 rings (SSSR count). The number of rotatable bonds is 8. The monoisotopic (exact) mass is 460 g/mol. The maximum absolute atomic E-state index is 14.0. The Bertz CT molecular complexity index is 673. The zero-order valence-corrected chi connectivity index (χ0v) is 19.1. The van der Waals surface area contributed by atoms with Crippen LogP contribution in [0.1, 0.15) is 95.5 Å². The molecular weight excluding hydrogens is 423 g/mol. The topological polar surface area (TPSA) is 9.23 Å². The van der Waals surface area contributed by atoms with Crippen LogP contribution in [0.25, 0.3) is 0 Å². The lowest BCUT2D eigenvalue weighted by molar-refractivity contribution is 0.155. The fourth-order valence-electron chi connectivity index (χ4n) is 5.50. The van der Waals surface area contributed by atoms with E-state index in [1.807, 2.05) is 6.07 Å². The lowest BCUT2D eigenvalue weighted by Gasteiger charge is -2.38. The summed E-state index contributed by atoms with van der Waals surface area (Å²) in [6.45, 7) is 1.30. The van der Waals surface area contributed by atoms with Gasteiger partial charge >= 0.3 is 0 Å². The highest BCUT2D eigenvalue weighted by atomic mass is 19.3. The molecule has 2 saturated carbocycles. The van der Waals surface area contributed by atoms with Crippen molar-refractivity contribution in [2.45, 2.75) is 89.9 Å². The van der Waals surface area contributed by atoms with Crippen LogP contribution in [0.5, 0.6) is 5.75 Å². The first-order valence-electron chi connectivity index (χ1n) is 12.1. The van der Waals surface area contributed by atoms with Crippen LogP contribution in [0.3, 0.4) is 0 Å². The molecule has 1 aromatic rings. The van der Waals surface area contributed by atoms with Crippen LogP contribution >= 0.6 is 0 Å². The molecule has 0 aromatic heterocycles. The normalized spacial score (nSPS) is 25.4. The summed E-state index contributed by atoms with van der Waals surface area (Å²) in [5.74, 6) is 2.80. The van der Waals surface area contributed by atoms with Gasteiger partial charge in [0.15, 0.2) is 17.9 Å². The van der Waals surface area contributed by atoms with Gasteiger partial charge in [-0.2, -0.15) is 8.78 Å². The van der Waals surface area contributed by atoms with Gasteiger partial charge in [-0.15, -0.1) is 0 Å². The molecule has 2 fully saturated rings. The molecule has 0 atom stereocenters. The predicted molar refractivity (Wildman–Crippen MR) is 119 cm³/mol. The molecule has 0 amide bonds. The van der Waals surface area contributed by atoms with Crippen molar-refractivity contribution in [1.82, 2.24) is 0 Å². The second-order valence-electron chi connectivity index (χ2n) is 9.23. The number of hydrogen-bond donors (Lipinski definition) is 0. The molecule has 1 nitrogen and oxygen atoms in total. The number of halogens is 5. The molecule has 0 heterocycles. The van der Waals surface area contributed by atoms with E-state index in [0.29, 0.717) is 5.92 Å². The van der Waals surface area contributed by atoms with Crippen molar-refractivity contribution >= 4 is 0 Å². The van der Waals surface area contributed by atoms with Gasteiger partial charge < -0.3 is 4.74 Å². The maximum Gasteiger partial charge on any atom is 0.298 e. The third kappa shape index (κ3) is 8.74. The molecule has 182 valence electrons. The third-order valence-electron chi connectivity index (χ3n) is 7.27. The van der Waals surface area contributed by atoms with Crippen molar-refractivity contribution in [2.24, 2.45) is 17.8 Å². The first-order valence-corrected chi connectivity index (χ1v) is 12.1. The third-order valence-corrected chi connectivity index (χ3v) is 7.27. The van der Waals surface area contributed by atoms with Crippen LogP contribution in [0.4, 0.5) is 22.0 Å². The van der Waals surface area contributed by atoms with Crippen molar-refractivity contribution in [1.29, 1.82) is 0 Å². The lowest BCUT2D eigenvalue weighted by Crippen LogP contribution is -2.25. The van der Waals surface area contributed by atoms with Crippen LogP contribution in [-0.4, -0.2) is 6.86 Å². The quantitative estimate of drug-likeness (QED) is 0.277. The fraction of sp³-hybridized carbons (Fsp3) is 0.692. The van der Waals surface area contributed by atoms with E-state index in [2.05, 4.69) is 11.7 Å². The summed E-state index contributed by atoms with van der Waals surface area (Å²) in [7, 11) is 0. The second-order valence-corrected chi connectivity index (χ2v) is 9.23. The summed E-state index contributed by atoms with van der Waals surface area (Å²) in [6.07, 6.45) is 13.2. The first kappa shape index (κ1) is 26.7. The molecule has 0 aliphatic heterocycles. The molecule has 2 aliphatic carbocycles. The van der Waals surface area contributed by atoms with Gasteiger partial charge in [0.05, 0.1) is 0 Å². The van der Waals surface area contributed by atoms with E-state index in [1.165, 1.54) is 64.2 Å². The second kappa shape index (κ2) is 14.5. The van der Waals surface area contributed by atoms with Crippen LogP contribution in [0.2, 0.25) is 0 Å². The Kier molecular flexibility index (Phi) is 12.1. The van der Waals surface area contributed by atoms with E-state index in [-0.39, 0.29) is 5.75 Å². The molecule has 0 radical (unpaired) electrons. The number of ether oxygens (including phenoxy) is 1. The Hall–Kier alpha value is -1.59. The van der Waals surface area contributed by atoms with Crippen molar-refractivity contribution in [3.63, 3.8) is 0 Å². The Morgan fingerprint density at radius 1 is 0.969 bits per heavy atom. The highest BCUT2D eigenvalue weighted by molar-refractivity contribution is 5.31. The van der Waals surface area contributed by atoms with Crippen molar-refractivity contribution in [2.75, 3.05) is 6.86 Å². The smallest absolute Gasteiger partial charge is 0.298 e. The van der Waals surface area contributed by atoms with E-state index in [4.69, 9.17) is 0 Å². The summed E-state index contributed by atoms with van der Waals surface area (Å²) < 4.78 is 61.6. The van der Waals surface area contributed by atoms with Crippen molar-refractivity contribution in [3.8, 4) is 5.75 Å². The molecule has 1 aromatic carbocycles. The zero-order valence-electron chi connectivity index (χ0n) is 19.1. The minimum atomic E-state index is -2.29. The van der Waals surface area contributed by atoms with Gasteiger partial charge in [-0.25, -0.2) is 13.2 Å². The standard InChI is InChI=1S/C24H36F2O.C2HF3/c1-2-3-4-5-18-6-8-19(9-7-18)20-10-12-21(13-11-20)22-14-15-24(27-17-25)23(26)16-22;3-1-2(4)5/h14-16,18-21H,2-13,17H2,1H3;1H. The van der Waals surface area contributed by atoms with Crippen LogP contribution < -0.4 is 4.74 Å². The minimum absolute atomic E-state index is 0.0191. The summed E-state index contributed by atoms with van der Waals surface area (Å²) >= 11 is 0. The number of unbranched alkanes of at least 4 members (excludes halogenated alkanes) is 2. The van der Waals surface area contributed by atoms with Gasteiger partial charge in [0.2, 0.25) is 6.86 Å². The van der Waals surface area contributed by atoms with E-state index in [0.717, 1.165) is 36.2 Å². The van der Waals surface area contributed by atoms with E-state index in [1.54, 1.807) is 12.1 Å². The van der Waals surface area contributed by atoms with E-state index in [9.17, 15) is 22.0 Å². The Morgan fingerprint density at radius 3 is 2.06 bits per heavy atom. The summed E-state index contributed by atoms with van der Waals surface area (Å²) in [6, 6.07) is 5.05. The Morgan fingerprint density at radius 2 is 1.56 bits per heavy atom. The largest absolute Gasteiger partial charge is 0.460 e. The fourth-order valence-corrected chi connectivity index (χ4v) is 5.50. The molecule has 2 aliphatic rings. The van der Waals surface area contributed by atoms with Gasteiger partial charge in [-0.3, -0.25) is 0 Å². The van der Waals surface area contributed by atoms with Crippen molar-refractivity contribution in [3.05, 3.63) is 42.0 Å². The molecule has 0 unspecified atom stereocenters. The van der Waals surface area contributed by atoms with Crippen molar-refractivity contribution < 1.29 is 26.7 Å². The number of alkyl halides is 1. The highest BCUT2D eigenvalue weighted by Gasteiger charge is 2.31. The van der Waals surface area contributed by atoms with Crippen LogP contribution in [-0.2, 0) is 0 Å². The predicted octanol–water partition coefficient (Wildman–Crippen LogP) is 9.49. The van der Waals surface area contributed by atoms with Crippen LogP contribution in [0, 0.1) is 23.6 Å². The average Bonchev–Trinajstić information content (AvgIpc) is 2.82. The van der Waals surface area contributed by atoms with Gasteiger partial charge in [-0.05, 0) is 79.9 Å². The van der Waals surface area contributed by atoms with Gasteiger partial charge in [0.1, 0.15) is 0 Å². The minimum Gasteiger partial charge on any atom is -0.460 e. The molecule has 0 spiro atoms. The molecule has 0 N–H and O–H groups in total.